The van der Waals surface area contributed by atoms with Gasteiger partial charge in [0, 0.05) is 32.4 Å². The van der Waals surface area contributed by atoms with E-state index in [2.05, 4.69) is 5.32 Å². The summed E-state index contributed by atoms with van der Waals surface area (Å²) in [6, 6.07) is 15.5. The first-order valence-electron chi connectivity index (χ1n) is 10.8. The van der Waals surface area contributed by atoms with Gasteiger partial charge >= 0.3 is 20.9 Å². The molecule has 0 aliphatic carbocycles. The van der Waals surface area contributed by atoms with Crippen LogP contribution >= 0.6 is 0 Å². The summed E-state index contributed by atoms with van der Waals surface area (Å²) in [4.78, 5) is 24.1. The van der Waals surface area contributed by atoms with E-state index < -0.39 is 20.9 Å². The third-order valence-corrected chi connectivity index (χ3v) is 7.43. The van der Waals surface area contributed by atoms with Crippen LogP contribution in [0.3, 0.4) is 0 Å². The molecule has 2 aromatic carbocycles. The number of carbonyl (C=O) groups is 2. The number of ether oxygens (including phenoxy) is 2. The predicted octanol–water partition coefficient (Wildman–Crippen LogP) is 4.43. The fourth-order valence-electron chi connectivity index (χ4n) is 2.96. The van der Waals surface area contributed by atoms with Crippen LogP contribution in [-0.2, 0) is 13.3 Å². The lowest BCUT2D eigenvalue weighted by molar-refractivity contribution is 0.0705. The van der Waals surface area contributed by atoms with Crippen molar-refractivity contribution in [3.05, 3.63) is 60.2 Å². The average molecular weight is 462 g/mol. The summed E-state index contributed by atoms with van der Waals surface area (Å²) in [5, 5.41) is 2.71. The lowest BCUT2D eigenvalue weighted by Crippen LogP contribution is -2.46. The molecule has 0 fully saturated rings. The minimum Gasteiger partial charge on any atom is -0.423 e. The van der Waals surface area contributed by atoms with Crippen LogP contribution in [0, 0.1) is 0 Å². The van der Waals surface area contributed by atoms with Crippen molar-refractivity contribution in [3.63, 3.8) is 0 Å². The van der Waals surface area contributed by atoms with E-state index >= 15 is 0 Å². The fraction of sp³-hybridized carbons (Fsp3) is 0.391. The standard InChI is InChI=1S/C23H31NO7Si/c1-4-27-32(28-5-2,29-6-3)18-10-17-24-23(26)31-21-15-13-20(14-16-21)30-22(25)19-11-8-7-9-12-19/h7-9,11-16H,4-6,10,17-18H2,1-3H3,(H,24,26). The molecule has 0 radical (unpaired) electrons. The van der Waals surface area contributed by atoms with Gasteiger partial charge in [-0.1, -0.05) is 18.2 Å². The van der Waals surface area contributed by atoms with Crippen LogP contribution < -0.4 is 14.8 Å². The van der Waals surface area contributed by atoms with Gasteiger partial charge in [0.25, 0.3) is 0 Å². The quantitative estimate of drug-likeness (QED) is 0.204. The van der Waals surface area contributed by atoms with E-state index in [0.717, 1.165) is 0 Å². The van der Waals surface area contributed by atoms with Crippen LogP contribution in [0.15, 0.2) is 54.6 Å². The van der Waals surface area contributed by atoms with Crippen LogP contribution in [-0.4, -0.2) is 47.2 Å². The highest BCUT2D eigenvalue weighted by molar-refractivity contribution is 6.60. The van der Waals surface area contributed by atoms with Crippen molar-refractivity contribution in [3.8, 4) is 11.5 Å². The highest BCUT2D eigenvalue weighted by atomic mass is 28.4. The fourth-order valence-corrected chi connectivity index (χ4v) is 5.57. The summed E-state index contributed by atoms with van der Waals surface area (Å²) in [6.07, 6.45) is 0.0610. The molecule has 174 valence electrons. The van der Waals surface area contributed by atoms with E-state index in [4.69, 9.17) is 22.8 Å². The largest absolute Gasteiger partial charge is 0.500 e. The molecule has 0 saturated carbocycles. The Bertz CT molecular complexity index is 813. The molecular weight excluding hydrogens is 430 g/mol. The van der Waals surface area contributed by atoms with Crippen molar-refractivity contribution in [2.24, 2.45) is 0 Å². The van der Waals surface area contributed by atoms with Gasteiger partial charge in [0.15, 0.2) is 0 Å². The summed E-state index contributed by atoms with van der Waals surface area (Å²) in [6.45, 7) is 7.65. The lowest BCUT2D eigenvalue weighted by atomic mass is 10.2. The second-order valence-electron chi connectivity index (χ2n) is 6.63. The minimum atomic E-state index is -2.72. The van der Waals surface area contributed by atoms with Gasteiger partial charge in [-0.15, -0.1) is 0 Å². The highest BCUT2D eigenvalue weighted by Gasteiger charge is 2.39. The van der Waals surface area contributed by atoms with Gasteiger partial charge in [-0.25, -0.2) is 9.59 Å². The molecule has 0 aromatic heterocycles. The number of nitrogens with one attached hydrogen (secondary N) is 1. The number of benzene rings is 2. The van der Waals surface area contributed by atoms with Gasteiger partial charge in [-0.05, 0) is 63.6 Å². The zero-order chi connectivity index (χ0) is 23.2. The van der Waals surface area contributed by atoms with Crippen molar-refractivity contribution in [2.45, 2.75) is 33.2 Å². The molecule has 0 atom stereocenters. The molecule has 1 N–H and O–H groups in total. The Kier molecular flexibility index (Phi) is 10.9. The number of esters is 1. The predicted molar refractivity (Wildman–Crippen MR) is 122 cm³/mol. The third kappa shape index (κ3) is 8.43. The molecule has 2 aromatic rings. The highest BCUT2D eigenvalue weighted by Crippen LogP contribution is 2.20. The number of amides is 1. The molecule has 2 rings (SSSR count). The van der Waals surface area contributed by atoms with Crippen molar-refractivity contribution < 1.29 is 32.3 Å². The van der Waals surface area contributed by atoms with Gasteiger partial charge in [0.2, 0.25) is 0 Å². The Hall–Kier alpha value is -2.72. The molecule has 9 heteroatoms. The van der Waals surface area contributed by atoms with Crippen LogP contribution in [0.2, 0.25) is 6.04 Å². The monoisotopic (exact) mass is 461 g/mol. The van der Waals surface area contributed by atoms with E-state index in [9.17, 15) is 9.59 Å². The van der Waals surface area contributed by atoms with E-state index in [-0.39, 0.29) is 0 Å². The molecule has 0 spiro atoms. The Morgan fingerprint density at radius 1 is 0.781 bits per heavy atom. The van der Waals surface area contributed by atoms with Crippen molar-refractivity contribution in [2.75, 3.05) is 26.4 Å². The summed E-state index contributed by atoms with van der Waals surface area (Å²) in [5.41, 5.74) is 0.456. The maximum atomic E-state index is 12.1. The summed E-state index contributed by atoms with van der Waals surface area (Å²) >= 11 is 0. The maximum Gasteiger partial charge on any atom is 0.500 e. The van der Waals surface area contributed by atoms with Crippen LogP contribution in [0.25, 0.3) is 0 Å². The van der Waals surface area contributed by atoms with Gasteiger partial charge in [0.1, 0.15) is 11.5 Å². The molecule has 1 amide bonds. The Morgan fingerprint density at radius 2 is 1.31 bits per heavy atom. The summed E-state index contributed by atoms with van der Waals surface area (Å²) in [7, 11) is -2.72. The molecule has 0 bridgehead atoms. The van der Waals surface area contributed by atoms with E-state index in [1.165, 1.54) is 0 Å². The smallest absolute Gasteiger partial charge is 0.423 e. The first kappa shape index (κ1) is 25.5. The molecule has 8 nitrogen and oxygen atoms in total. The first-order chi connectivity index (χ1) is 15.5. The minimum absolute atomic E-state index is 0.337. The molecule has 32 heavy (non-hydrogen) atoms. The van der Waals surface area contributed by atoms with E-state index in [1.54, 1.807) is 48.5 Å². The zero-order valence-electron chi connectivity index (χ0n) is 18.8. The van der Waals surface area contributed by atoms with Gasteiger partial charge in [-0.2, -0.15) is 0 Å². The third-order valence-electron chi connectivity index (χ3n) is 4.28. The van der Waals surface area contributed by atoms with Gasteiger partial charge in [-0.3, -0.25) is 0 Å². The second kappa shape index (κ2) is 13.6. The van der Waals surface area contributed by atoms with Crippen LogP contribution in [0.1, 0.15) is 37.6 Å². The van der Waals surface area contributed by atoms with Gasteiger partial charge in [0.05, 0.1) is 5.56 Å². The van der Waals surface area contributed by atoms with Crippen molar-refractivity contribution in [1.29, 1.82) is 0 Å². The lowest BCUT2D eigenvalue weighted by Gasteiger charge is -2.28. The maximum absolute atomic E-state index is 12.1. The first-order valence-corrected chi connectivity index (χ1v) is 12.7. The average Bonchev–Trinajstić information content (AvgIpc) is 2.79. The topological polar surface area (TPSA) is 92.3 Å². The molecule has 0 aliphatic rings. The molecule has 0 saturated heterocycles. The summed E-state index contributed by atoms with van der Waals surface area (Å²) < 4.78 is 27.9. The van der Waals surface area contributed by atoms with Crippen LogP contribution in [0.5, 0.6) is 11.5 Å². The van der Waals surface area contributed by atoms with Crippen LogP contribution in [0.4, 0.5) is 4.79 Å². The SMILES string of the molecule is CCO[Si](CCCNC(=O)Oc1ccc(OC(=O)c2ccccc2)cc1)(OCC)OCC. The molecular formula is C23H31NO7Si. The molecule has 0 aliphatic heterocycles. The summed E-state index contributed by atoms with van der Waals surface area (Å²) in [5.74, 6) is 0.238. The number of hydrogen-bond acceptors (Lipinski definition) is 7. The zero-order valence-corrected chi connectivity index (χ0v) is 19.8. The van der Waals surface area contributed by atoms with E-state index in [1.807, 2.05) is 26.8 Å². The van der Waals surface area contributed by atoms with Gasteiger partial charge < -0.3 is 28.1 Å². The van der Waals surface area contributed by atoms with E-state index in [0.29, 0.717) is 55.9 Å². The molecule has 0 unspecified atom stereocenters. The Morgan fingerprint density at radius 3 is 1.84 bits per heavy atom. The molecule has 0 heterocycles. The Balaban J connectivity index is 1.77. The number of carbonyl (C=O) groups excluding carboxylic acids is 2. The number of hydrogen-bond donors (Lipinski definition) is 1. The van der Waals surface area contributed by atoms with Crippen molar-refractivity contribution in [1.82, 2.24) is 5.32 Å². The second-order valence-corrected chi connectivity index (χ2v) is 9.36. The normalized spacial score (nSPS) is 11.1. The number of rotatable bonds is 13. The Labute approximate surface area is 190 Å². The van der Waals surface area contributed by atoms with Crippen molar-refractivity contribution >= 4 is 20.9 Å².